The summed E-state index contributed by atoms with van der Waals surface area (Å²) in [7, 11) is 0. The number of carbonyl (C=O) groups is 1. The summed E-state index contributed by atoms with van der Waals surface area (Å²) < 4.78 is 10.9. The number of hydrogen-bond donors (Lipinski definition) is 2. The van der Waals surface area contributed by atoms with Crippen LogP contribution in [-0.4, -0.2) is 49.6 Å². The van der Waals surface area contributed by atoms with Crippen molar-refractivity contribution in [2.45, 2.75) is 38.6 Å². The molecule has 2 N–H and O–H groups in total. The molecule has 0 radical (unpaired) electrons. The van der Waals surface area contributed by atoms with Gasteiger partial charge < -0.3 is 19.9 Å². The smallest absolute Gasteiger partial charge is 0.326 e. The Labute approximate surface area is 109 Å². The molecule has 0 saturated carbocycles. The maximum absolute atomic E-state index is 11.2. The van der Waals surface area contributed by atoms with E-state index in [1.807, 2.05) is 6.92 Å². The highest BCUT2D eigenvalue weighted by atomic mass is 16.5. The van der Waals surface area contributed by atoms with Crippen molar-refractivity contribution in [2.24, 2.45) is 5.92 Å². The lowest BCUT2D eigenvalue weighted by atomic mass is 10.0. The molecule has 0 spiro atoms. The molecule has 0 aromatic rings. The number of carboxylic acid groups (broad SMARTS) is 1. The van der Waals surface area contributed by atoms with Crippen LogP contribution in [0.4, 0.5) is 0 Å². The third-order valence-electron chi connectivity index (χ3n) is 3.32. The van der Waals surface area contributed by atoms with Crippen molar-refractivity contribution in [1.29, 1.82) is 0 Å². The first-order valence-corrected chi connectivity index (χ1v) is 6.72. The second-order valence-electron chi connectivity index (χ2n) is 5.13. The lowest BCUT2D eigenvalue weighted by Gasteiger charge is -2.28. The number of ether oxygens (including phenoxy) is 2. The largest absolute Gasteiger partial charge is 0.480 e. The lowest BCUT2D eigenvalue weighted by molar-refractivity contribution is -0.147. The van der Waals surface area contributed by atoms with Gasteiger partial charge in [-0.1, -0.05) is 6.92 Å². The van der Waals surface area contributed by atoms with Crippen molar-refractivity contribution in [3.63, 3.8) is 0 Å². The predicted octanol–water partition coefficient (Wildman–Crippen LogP) is 1.27. The summed E-state index contributed by atoms with van der Waals surface area (Å²) in [5.41, 5.74) is -0.985. The molecule has 5 heteroatoms. The number of rotatable bonds is 8. The third-order valence-corrected chi connectivity index (χ3v) is 3.32. The van der Waals surface area contributed by atoms with Crippen LogP contribution in [0.5, 0.6) is 0 Å². The Morgan fingerprint density at radius 3 is 2.72 bits per heavy atom. The van der Waals surface area contributed by atoms with E-state index in [4.69, 9.17) is 9.47 Å². The average Bonchev–Trinajstić information content (AvgIpc) is 2.37. The van der Waals surface area contributed by atoms with Gasteiger partial charge in [-0.3, -0.25) is 4.79 Å². The van der Waals surface area contributed by atoms with Crippen molar-refractivity contribution in [3.8, 4) is 0 Å². The number of nitrogens with one attached hydrogen (secondary N) is 1. The first kappa shape index (κ1) is 15.4. The number of hydrogen-bond acceptors (Lipinski definition) is 4. The van der Waals surface area contributed by atoms with E-state index in [9.17, 15) is 9.90 Å². The maximum Gasteiger partial charge on any atom is 0.326 e. The second kappa shape index (κ2) is 7.71. The maximum atomic E-state index is 11.2. The van der Waals surface area contributed by atoms with Crippen molar-refractivity contribution in [2.75, 3.05) is 33.0 Å². The minimum Gasteiger partial charge on any atom is -0.480 e. The van der Waals surface area contributed by atoms with E-state index in [2.05, 4.69) is 5.32 Å². The van der Waals surface area contributed by atoms with Gasteiger partial charge in [0, 0.05) is 19.8 Å². The van der Waals surface area contributed by atoms with Gasteiger partial charge in [0.2, 0.25) is 0 Å². The molecule has 5 nitrogen and oxygen atoms in total. The van der Waals surface area contributed by atoms with Crippen molar-refractivity contribution in [3.05, 3.63) is 0 Å². The van der Waals surface area contributed by atoms with Crippen LogP contribution in [0.2, 0.25) is 0 Å². The van der Waals surface area contributed by atoms with Crippen LogP contribution < -0.4 is 5.32 Å². The van der Waals surface area contributed by atoms with Crippen LogP contribution in [0, 0.1) is 5.92 Å². The fraction of sp³-hybridized carbons (Fsp3) is 0.923. The molecule has 1 unspecified atom stereocenters. The first-order chi connectivity index (χ1) is 8.58. The van der Waals surface area contributed by atoms with Crippen LogP contribution in [0.1, 0.15) is 33.1 Å². The fourth-order valence-corrected chi connectivity index (χ4v) is 1.93. The van der Waals surface area contributed by atoms with Crippen LogP contribution in [0.15, 0.2) is 0 Å². The van der Waals surface area contributed by atoms with Crippen LogP contribution >= 0.6 is 0 Å². The summed E-state index contributed by atoms with van der Waals surface area (Å²) in [4.78, 5) is 11.2. The Bertz CT molecular complexity index is 253. The highest BCUT2D eigenvalue weighted by Crippen LogP contribution is 2.15. The highest BCUT2D eigenvalue weighted by Gasteiger charge is 2.32. The Morgan fingerprint density at radius 2 is 2.17 bits per heavy atom. The monoisotopic (exact) mass is 259 g/mol. The first-order valence-electron chi connectivity index (χ1n) is 6.72. The molecule has 0 bridgehead atoms. The molecular formula is C13H25NO4. The van der Waals surface area contributed by atoms with Gasteiger partial charge >= 0.3 is 5.97 Å². The van der Waals surface area contributed by atoms with Crippen LogP contribution in [0.3, 0.4) is 0 Å². The van der Waals surface area contributed by atoms with Crippen molar-refractivity contribution >= 4 is 5.97 Å². The van der Waals surface area contributed by atoms with E-state index in [0.29, 0.717) is 19.1 Å². The summed E-state index contributed by atoms with van der Waals surface area (Å²) in [6, 6.07) is 0. The molecule has 1 rings (SSSR count). The Morgan fingerprint density at radius 1 is 1.50 bits per heavy atom. The summed E-state index contributed by atoms with van der Waals surface area (Å²) in [5.74, 6) is -0.356. The minimum atomic E-state index is -0.985. The zero-order valence-corrected chi connectivity index (χ0v) is 11.4. The van der Waals surface area contributed by atoms with Gasteiger partial charge in [0.05, 0.1) is 6.61 Å². The third kappa shape index (κ3) is 4.92. The van der Waals surface area contributed by atoms with Gasteiger partial charge in [-0.15, -0.1) is 0 Å². The molecule has 0 aromatic heterocycles. The highest BCUT2D eigenvalue weighted by molar-refractivity contribution is 5.78. The zero-order valence-electron chi connectivity index (χ0n) is 11.4. The summed E-state index contributed by atoms with van der Waals surface area (Å²) in [6.45, 7) is 6.78. The van der Waals surface area contributed by atoms with E-state index < -0.39 is 11.5 Å². The molecule has 1 heterocycles. The normalized spacial score (nSPS) is 20.6. The summed E-state index contributed by atoms with van der Waals surface area (Å²) in [5, 5.41) is 12.3. The van der Waals surface area contributed by atoms with Crippen molar-refractivity contribution in [1.82, 2.24) is 5.32 Å². The summed E-state index contributed by atoms with van der Waals surface area (Å²) >= 11 is 0. The van der Waals surface area contributed by atoms with E-state index in [0.717, 1.165) is 32.5 Å². The Kier molecular flexibility index (Phi) is 6.60. The molecule has 1 saturated heterocycles. The van der Waals surface area contributed by atoms with E-state index in [-0.39, 0.29) is 6.61 Å². The quantitative estimate of drug-likeness (QED) is 0.687. The number of aliphatic carboxylic acids is 1. The molecule has 1 aliphatic heterocycles. The summed E-state index contributed by atoms with van der Waals surface area (Å²) in [6.07, 6.45) is 2.92. The van der Waals surface area contributed by atoms with E-state index >= 15 is 0 Å². The molecule has 18 heavy (non-hydrogen) atoms. The van der Waals surface area contributed by atoms with Gasteiger partial charge in [-0.05, 0) is 38.6 Å². The predicted molar refractivity (Wildman–Crippen MR) is 68.7 cm³/mol. The molecule has 1 aliphatic rings. The number of carboxylic acids is 1. The fourth-order valence-electron chi connectivity index (χ4n) is 1.93. The zero-order chi connectivity index (χ0) is 13.4. The van der Waals surface area contributed by atoms with Crippen molar-refractivity contribution < 1.29 is 19.4 Å². The van der Waals surface area contributed by atoms with Gasteiger partial charge in [-0.2, -0.15) is 0 Å². The molecule has 0 aromatic carbocycles. The lowest BCUT2D eigenvalue weighted by Crippen LogP contribution is -2.53. The molecule has 1 atom stereocenters. The van der Waals surface area contributed by atoms with Gasteiger partial charge in [0.1, 0.15) is 5.54 Å². The van der Waals surface area contributed by atoms with Gasteiger partial charge in [0.15, 0.2) is 0 Å². The Hall–Kier alpha value is -0.650. The molecule has 1 fully saturated rings. The van der Waals surface area contributed by atoms with E-state index in [1.165, 1.54) is 0 Å². The topological polar surface area (TPSA) is 67.8 Å². The average molecular weight is 259 g/mol. The second-order valence-corrected chi connectivity index (χ2v) is 5.13. The van der Waals surface area contributed by atoms with E-state index in [1.54, 1.807) is 6.92 Å². The molecular weight excluding hydrogens is 234 g/mol. The SMILES string of the molecule is CCCNC(C)(COCC1CCOCC1)C(=O)O. The molecule has 0 aliphatic carbocycles. The van der Waals surface area contributed by atoms with Crippen LogP contribution in [-0.2, 0) is 14.3 Å². The van der Waals surface area contributed by atoms with Crippen LogP contribution in [0.25, 0.3) is 0 Å². The Balaban J connectivity index is 2.30. The molecule has 106 valence electrons. The van der Waals surface area contributed by atoms with Gasteiger partial charge in [0.25, 0.3) is 0 Å². The molecule has 0 amide bonds. The standard InChI is InChI=1S/C13H25NO4/c1-3-6-14-13(2,12(15)16)10-18-9-11-4-7-17-8-5-11/h11,14H,3-10H2,1-2H3,(H,15,16). The van der Waals surface area contributed by atoms with Gasteiger partial charge in [-0.25, -0.2) is 0 Å². The minimum absolute atomic E-state index is 0.208.